The summed E-state index contributed by atoms with van der Waals surface area (Å²) in [5, 5.41) is 11.3. The Morgan fingerprint density at radius 2 is 1.77 bits per heavy atom. The minimum absolute atomic E-state index is 0.0758. The summed E-state index contributed by atoms with van der Waals surface area (Å²) in [4.78, 5) is 4.20. The average molecular weight is 430 g/mol. The van der Waals surface area contributed by atoms with Crippen LogP contribution in [-0.4, -0.2) is 50.6 Å². The van der Waals surface area contributed by atoms with Gasteiger partial charge in [0.1, 0.15) is 11.5 Å². The number of ether oxygens (including phenoxy) is 1. The highest BCUT2D eigenvalue weighted by Crippen LogP contribution is 2.37. The van der Waals surface area contributed by atoms with Gasteiger partial charge in [-0.2, -0.15) is 9.07 Å². The molecule has 2 N–H and O–H groups in total. The first-order chi connectivity index (χ1) is 14.6. The fourth-order valence-electron chi connectivity index (χ4n) is 3.14. The standard InChI is InChI=1S/C19H21BF2N6O3/c1-18(2)19(3,4)31-20(30-18)10-8-11(16(23)24-9-10)17-25-26-27-28(17)12-6-7-13(29-5)15(22)14(12)21/h6-9H,1-5H3,(H2,23,24). The van der Waals surface area contributed by atoms with Crippen LogP contribution in [0.2, 0.25) is 0 Å². The van der Waals surface area contributed by atoms with Crippen LogP contribution in [0.3, 0.4) is 0 Å². The molecule has 0 spiro atoms. The summed E-state index contributed by atoms with van der Waals surface area (Å²) >= 11 is 0. The molecule has 1 fully saturated rings. The molecule has 0 bridgehead atoms. The molecular weight excluding hydrogens is 409 g/mol. The number of nitrogen functional groups attached to an aromatic ring is 1. The molecule has 1 aromatic carbocycles. The number of aromatic nitrogens is 5. The minimum atomic E-state index is -1.17. The Labute approximate surface area is 177 Å². The van der Waals surface area contributed by atoms with E-state index in [2.05, 4.69) is 20.5 Å². The van der Waals surface area contributed by atoms with Crippen LogP contribution < -0.4 is 15.9 Å². The van der Waals surface area contributed by atoms with Gasteiger partial charge in [0.15, 0.2) is 17.4 Å². The third kappa shape index (κ3) is 3.41. The zero-order chi connectivity index (χ0) is 22.6. The van der Waals surface area contributed by atoms with Gasteiger partial charge in [-0.15, -0.1) is 5.10 Å². The number of tetrazole rings is 1. The highest BCUT2D eigenvalue weighted by molar-refractivity contribution is 6.62. The van der Waals surface area contributed by atoms with Crippen molar-refractivity contribution in [1.82, 2.24) is 25.2 Å². The molecule has 0 radical (unpaired) electrons. The van der Waals surface area contributed by atoms with Crippen LogP contribution in [0.4, 0.5) is 14.6 Å². The number of rotatable bonds is 4. The highest BCUT2D eigenvalue weighted by atomic mass is 19.2. The molecule has 0 atom stereocenters. The molecule has 162 valence electrons. The van der Waals surface area contributed by atoms with Crippen LogP contribution >= 0.6 is 0 Å². The Morgan fingerprint density at radius 3 is 2.42 bits per heavy atom. The van der Waals surface area contributed by atoms with Crippen molar-refractivity contribution in [2.24, 2.45) is 0 Å². The third-order valence-electron chi connectivity index (χ3n) is 5.65. The summed E-state index contributed by atoms with van der Waals surface area (Å²) in [7, 11) is 0.546. The van der Waals surface area contributed by atoms with Crippen LogP contribution in [0.25, 0.3) is 17.1 Å². The Morgan fingerprint density at radius 1 is 1.10 bits per heavy atom. The van der Waals surface area contributed by atoms with Gasteiger partial charge < -0.3 is 19.8 Å². The van der Waals surface area contributed by atoms with Crippen LogP contribution in [0.15, 0.2) is 24.4 Å². The van der Waals surface area contributed by atoms with Crippen LogP contribution in [0.5, 0.6) is 5.75 Å². The number of nitrogens with zero attached hydrogens (tertiary/aromatic N) is 5. The summed E-state index contributed by atoms with van der Waals surface area (Å²) in [5.41, 5.74) is 5.64. The summed E-state index contributed by atoms with van der Waals surface area (Å²) in [6, 6.07) is 4.24. The zero-order valence-electron chi connectivity index (χ0n) is 17.7. The first-order valence-corrected chi connectivity index (χ1v) is 9.48. The van der Waals surface area contributed by atoms with Crippen molar-refractivity contribution < 1.29 is 22.8 Å². The topological polar surface area (TPSA) is 110 Å². The predicted octanol–water partition coefficient (Wildman–Crippen LogP) is 1.89. The Hall–Kier alpha value is -3.12. The maximum atomic E-state index is 14.6. The van der Waals surface area contributed by atoms with Crippen LogP contribution in [0.1, 0.15) is 27.7 Å². The van der Waals surface area contributed by atoms with Crippen molar-refractivity contribution in [3.8, 4) is 22.8 Å². The van der Waals surface area contributed by atoms with Crippen molar-refractivity contribution in [3.63, 3.8) is 0 Å². The largest absolute Gasteiger partial charge is 0.496 e. The van der Waals surface area contributed by atoms with E-state index in [0.717, 1.165) is 4.68 Å². The summed E-state index contributed by atoms with van der Waals surface area (Å²) < 4.78 is 46.8. The van der Waals surface area contributed by atoms with E-state index < -0.39 is 30.0 Å². The van der Waals surface area contributed by atoms with Crippen molar-refractivity contribution in [1.29, 1.82) is 0 Å². The molecule has 0 aliphatic carbocycles. The van der Waals surface area contributed by atoms with Gasteiger partial charge in [0.05, 0.1) is 23.9 Å². The number of halogens is 2. The van der Waals surface area contributed by atoms with Crippen LogP contribution in [-0.2, 0) is 9.31 Å². The van der Waals surface area contributed by atoms with E-state index in [0.29, 0.717) is 11.0 Å². The fraction of sp³-hybridized carbons (Fsp3) is 0.368. The fourth-order valence-corrected chi connectivity index (χ4v) is 3.14. The molecule has 4 rings (SSSR count). The van der Waals surface area contributed by atoms with Gasteiger partial charge >= 0.3 is 7.12 Å². The first kappa shape index (κ1) is 21.1. The lowest BCUT2D eigenvalue weighted by Gasteiger charge is -2.32. The second-order valence-electron chi connectivity index (χ2n) is 8.12. The van der Waals surface area contributed by atoms with Gasteiger partial charge in [-0.05, 0) is 56.3 Å². The molecule has 12 heteroatoms. The smallest absolute Gasteiger partial charge is 0.494 e. The quantitative estimate of drug-likeness (QED) is 0.625. The van der Waals surface area contributed by atoms with E-state index in [1.807, 2.05) is 27.7 Å². The number of hydrogen-bond acceptors (Lipinski definition) is 8. The van der Waals surface area contributed by atoms with Gasteiger partial charge in [0.2, 0.25) is 5.82 Å². The Balaban J connectivity index is 1.78. The van der Waals surface area contributed by atoms with E-state index in [1.54, 1.807) is 6.07 Å². The number of pyridine rings is 1. The summed E-state index contributed by atoms with van der Waals surface area (Å²) in [5.74, 6) is -2.38. The molecule has 3 aromatic rings. The van der Waals surface area contributed by atoms with Gasteiger partial charge in [0, 0.05) is 11.7 Å². The van der Waals surface area contributed by atoms with Crippen molar-refractivity contribution >= 4 is 18.4 Å². The lowest BCUT2D eigenvalue weighted by atomic mass is 9.79. The van der Waals surface area contributed by atoms with Gasteiger partial charge in [0.25, 0.3) is 0 Å². The van der Waals surface area contributed by atoms with Gasteiger partial charge in [-0.1, -0.05) is 0 Å². The number of hydrogen-bond donors (Lipinski definition) is 1. The maximum Gasteiger partial charge on any atom is 0.496 e. The predicted molar refractivity (Wildman–Crippen MR) is 109 cm³/mol. The van der Waals surface area contributed by atoms with E-state index in [9.17, 15) is 8.78 Å². The summed E-state index contributed by atoms with van der Waals surface area (Å²) in [6.45, 7) is 7.72. The molecule has 9 nitrogen and oxygen atoms in total. The molecule has 31 heavy (non-hydrogen) atoms. The number of methoxy groups -OCH3 is 1. The van der Waals surface area contributed by atoms with Crippen molar-refractivity contribution in [2.75, 3.05) is 12.8 Å². The van der Waals surface area contributed by atoms with Gasteiger partial charge in [-0.25, -0.2) is 9.37 Å². The highest BCUT2D eigenvalue weighted by Gasteiger charge is 2.52. The van der Waals surface area contributed by atoms with E-state index in [-0.39, 0.29) is 23.1 Å². The molecule has 3 heterocycles. The van der Waals surface area contributed by atoms with Crippen LogP contribution in [0, 0.1) is 11.6 Å². The second kappa shape index (κ2) is 7.24. The van der Waals surface area contributed by atoms with Gasteiger partial charge in [-0.3, -0.25) is 0 Å². The lowest BCUT2D eigenvalue weighted by molar-refractivity contribution is 0.00578. The molecule has 0 amide bonds. The Bertz CT molecular complexity index is 1140. The van der Waals surface area contributed by atoms with Crippen molar-refractivity contribution in [2.45, 2.75) is 38.9 Å². The number of benzene rings is 1. The summed E-state index contributed by atoms with van der Waals surface area (Å²) in [6.07, 6.45) is 1.53. The third-order valence-corrected chi connectivity index (χ3v) is 5.65. The monoisotopic (exact) mass is 430 g/mol. The van der Waals surface area contributed by atoms with E-state index in [4.69, 9.17) is 19.8 Å². The zero-order valence-corrected chi connectivity index (χ0v) is 17.7. The normalized spacial score (nSPS) is 17.2. The SMILES string of the molecule is COc1ccc(-n2nnnc2-c2cc(B3OC(C)(C)C(C)(C)O3)cnc2N)c(F)c1F. The second-order valence-corrected chi connectivity index (χ2v) is 8.12. The number of anilines is 1. The number of nitrogens with two attached hydrogens (primary N) is 1. The molecule has 1 aliphatic rings. The molecule has 0 unspecified atom stereocenters. The molecule has 1 aliphatic heterocycles. The minimum Gasteiger partial charge on any atom is -0.494 e. The lowest BCUT2D eigenvalue weighted by Crippen LogP contribution is -2.41. The van der Waals surface area contributed by atoms with Crippen molar-refractivity contribution in [3.05, 3.63) is 36.0 Å². The first-order valence-electron chi connectivity index (χ1n) is 9.48. The molecule has 1 saturated heterocycles. The Kier molecular flexibility index (Phi) is 4.93. The van der Waals surface area contributed by atoms with E-state index >= 15 is 0 Å². The van der Waals surface area contributed by atoms with E-state index in [1.165, 1.54) is 25.4 Å². The average Bonchev–Trinajstić information content (AvgIpc) is 3.26. The molecule has 0 saturated carbocycles. The molecule has 2 aromatic heterocycles. The molecular formula is C19H21BF2N6O3. The maximum absolute atomic E-state index is 14.6.